The largest absolute Gasteiger partial charge is 0.493 e. The maximum absolute atomic E-state index is 14.2. The van der Waals surface area contributed by atoms with Crippen LogP contribution in [-0.2, 0) is 0 Å². The van der Waals surface area contributed by atoms with E-state index < -0.39 is 23.6 Å². The van der Waals surface area contributed by atoms with Crippen molar-refractivity contribution in [1.82, 2.24) is 9.97 Å². The van der Waals surface area contributed by atoms with E-state index >= 15 is 0 Å². The van der Waals surface area contributed by atoms with Crippen molar-refractivity contribution in [1.29, 1.82) is 0 Å². The molecule has 0 radical (unpaired) electrons. The lowest BCUT2D eigenvalue weighted by molar-refractivity contribution is 0.0998. The van der Waals surface area contributed by atoms with Crippen LogP contribution < -0.4 is 30.7 Å². The van der Waals surface area contributed by atoms with Gasteiger partial charge in [0.25, 0.3) is 23.6 Å². The summed E-state index contributed by atoms with van der Waals surface area (Å²) in [6.07, 6.45) is 23.1. The van der Waals surface area contributed by atoms with Crippen molar-refractivity contribution in [3.63, 3.8) is 0 Å². The third kappa shape index (κ3) is 19.7. The van der Waals surface area contributed by atoms with Crippen LogP contribution in [0.5, 0.6) is 11.5 Å². The molecule has 4 amide bonds. The van der Waals surface area contributed by atoms with Crippen molar-refractivity contribution in [2.75, 3.05) is 34.5 Å². The molecule has 80 heavy (non-hydrogen) atoms. The molecule has 0 aliphatic rings. The minimum absolute atomic E-state index is 0.0133. The number of para-hydroxylation sites is 4. The molecule has 2 aromatic heterocycles. The van der Waals surface area contributed by atoms with Crippen molar-refractivity contribution in [3.05, 3.63) is 181 Å². The first kappa shape index (κ1) is 59.5. The quantitative estimate of drug-likeness (QED) is 0.0290. The average Bonchev–Trinajstić information content (AvgIpc) is 3.49. The van der Waals surface area contributed by atoms with Crippen molar-refractivity contribution in [2.24, 2.45) is 0 Å². The lowest BCUT2D eigenvalue weighted by Gasteiger charge is -2.20. The van der Waals surface area contributed by atoms with Gasteiger partial charge < -0.3 is 30.7 Å². The van der Waals surface area contributed by atoms with Gasteiger partial charge in [-0.25, -0.2) is 9.97 Å². The number of amides is 4. The summed E-state index contributed by atoms with van der Waals surface area (Å²) >= 11 is 0. The third-order valence-electron chi connectivity index (χ3n) is 13.9. The molecule has 12 nitrogen and oxygen atoms in total. The highest BCUT2D eigenvalue weighted by molar-refractivity contribution is 6.09. The highest BCUT2D eigenvalue weighted by Crippen LogP contribution is 2.42. The Morgan fingerprint density at radius 1 is 0.325 bits per heavy atom. The Bertz CT molecular complexity index is 2660. The SMILES string of the molecule is CCCCCCCCCCCCOc1cc(-c2cc(C(=O)Nc3ccccc3)nc(C(=O)Nc3ccccc3)c2)c(OCCCCCCCCCCCC)cc1-c1cc(C(=O)Nc2ccccc2)nc(C(=O)Nc2ccccc2)c1. The molecule has 7 rings (SSSR count). The highest BCUT2D eigenvalue weighted by atomic mass is 16.5. The van der Waals surface area contributed by atoms with E-state index in [-0.39, 0.29) is 22.8 Å². The number of rotatable bonds is 34. The molecule has 0 bridgehead atoms. The predicted molar refractivity (Wildman–Crippen MR) is 325 cm³/mol. The first-order valence-electron chi connectivity index (χ1n) is 29.2. The average molecular weight is 1080 g/mol. The highest BCUT2D eigenvalue weighted by Gasteiger charge is 2.24. The Kier molecular flexibility index (Phi) is 24.8. The van der Waals surface area contributed by atoms with Gasteiger partial charge in [-0.2, -0.15) is 0 Å². The van der Waals surface area contributed by atoms with Gasteiger partial charge in [-0.3, -0.25) is 19.2 Å². The van der Waals surface area contributed by atoms with E-state index in [4.69, 9.17) is 9.47 Å². The molecule has 7 aromatic rings. The Morgan fingerprint density at radius 3 is 0.812 bits per heavy atom. The molecule has 0 aliphatic heterocycles. The van der Waals surface area contributed by atoms with Crippen molar-refractivity contribution in [2.45, 2.75) is 142 Å². The second-order valence-corrected chi connectivity index (χ2v) is 20.4. The normalized spacial score (nSPS) is 10.9. The lowest BCUT2D eigenvalue weighted by Crippen LogP contribution is -2.19. The molecule has 0 saturated heterocycles. The van der Waals surface area contributed by atoms with E-state index in [1.807, 2.05) is 84.9 Å². The van der Waals surface area contributed by atoms with Crippen molar-refractivity contribution >= 4 is 46.4 Å². The van der Waals surface area contributed by atoms with Crippen LogP contribution in [0, 0.1) is 0 Å². The van der Waals surface area contributed by atoms with Crippen LogP contribution in [0.2, 0.25) is 0 Å². The first-order valence-corrected chi connectivity index (χ1v) is 29.2. The summed E-state index contributed by atoms with van der Waals surface area (Å²) in [6, 6.07) is 46.8. The van der Waals surface area contributed by atoms with Crippen LogP contribution in [0.15, 0.2) is 158 Å². The number of aromatic nitrogens is 2. The fourth-order valence-electron chi connectivity index (χ4n) is 9.50. The van der Waals surface area contributed by atoms with Crippen molar-refractivity contribution in [3.8, 4) is 33.8 Å². The fraction of sp³-hybridized carbons (Fsp3) is 0.353. The number of anilines is 4. The summed E-state index contributed by atoms with van der Waals surface area (Å²) in [6.45, 7) is 5.23. The summed E-state index contributed by atoms with van der Waals surface area (Å²) < 4.78 is 13.7. The zero-order valence-electron chi connectivity index (χ0n) is 46.9. The number of carbonyl (C=O) groups excluding carboxylic acids is 4. The van der Waals surface area contributed by atoms with Crippen molar-refractivity contribution < 1.29 is 28.7 Å². The maximum atomic E-state index is 14.2. The minimum Gasteiger partial charge on any atom is -0.493 e. The third-order valence-corrected chi connectivity index (χ3v) is 13.9. The fourth-order valence-corrected chi connectivity index (χ4v) is 9.50. The minimum atomic E-state index is -0.506. The van der Waals surface area contributed by atoms with Crippen LogP contribution in [0.1, 0.15) is 184 Å². The molecule has 0 aliphatic carbocycles. The Balaban J connectivity index is 1.31. The van der Waals surface area contributed by atoms with Gasteiger partial charge in [0, 0.05) is 33.9 Å². The van der Waals surface area contributed by atoms with Gasteiger partial charge in [-0.1, -0.05) is 202 Å². The zero-order chi connectivity index (χ0) is 56.0. The molecular formula is C68H80N6O6. The number of hydrogen-bond acceptors (Lipinski definition) is 8. The van der Waals surface area contributed by atoms with E-state index in [2.05, 4.69) is 45.1 Å². The standard InChI is InChI=1S/C68H80N6O6/c1-3-5-7-9-11-13-15-17-19-33-43-79-63-49-58(52-47-61(67(77)71-55-39-29-23-30-40-55)74-62(48-52)68(78)72-56-41-31-24-32-42-56)64(80-44-34-20-18-16-14-12-10-8-6-4-2)50-57(63)51-45-59(65(75)69-53-35-25-21-26-36-53)73-60(46-51)66(76)70-54-37-27-22-28-38-54/h21-32,35-42,45-50H,3-20,33-34,43-44H2,1-2H3,(H,69,75)(H,70,76)(H,71,77)(H,72,78). The van der Waals surface area contributed by atoms with Crippen LogP contribution in [-0.4, -0.2) is 46.8 Å². The van der Waals surface area contributed by atoms with Gasteiger partial charge in [-0.15, -0.1) is 0 Å². The number of nitrogens with zero attached hydrogens (tertiary/aromatic N) is 2. The Morgan fingerprint density at radius 2 is 0.562 bits per heavy atom. The van der Waals surface area contributed by atoms with E-state index in [0.717, 1.165) is 51.4 Å². The summed E-state index contributed by atoms with van der Waals surface area (Å²) in [5, 5.41) is 11.8. The molecule has 5 aromatic carbocycles. The maximum Gasteiger partial charge on any atom is 0.274 e. The number of benzene rings is 5. The second-order valence-electron chi connectivity index (χ2n) is 20.4. The van der Waals surface area contributed by atoms with Gasteiger partial charge in [0.2, 0.25) is 0 Å². The van der Waals surface area contributed by atoms with Crippen LogP contribution in [0.25, 0.3) is 22.3 Å². The lowest BCUT2D eigenvalue weighted by atomic mass is 9.96. The molecule has 0 fully saturated rings. The number of hydrogen-bond donors (Lipinski definition) is 4. The van der Waals surface area contributed by atoms with E-state index in [0.29, 0.717) is 69.7 Å². The topological polar surface area (TPSA) is 161 Å². The summed E-state index contributed by atoms with van der Waals surface area (Å²) in [5.41, 5.74) is 4.42. The van der Waals surface area contributed by atoms with Gasteiger partial charge in [0.05, 0.1) is 13.2 Å². The molecule has 0 unspecified atom stereocenters. The number of carbonyl (C=O) groups is 4. The van der Waals surface area contributed by atoms with Gasteiger partial charge >= 0.3 is 0 Å². The molecule has 0 saturated carbocycles. The summed E-state index contributed by atoms with van der Waals surface area (Å²) in [5.74, 6) is -1.14. The smallest absolute Gasteiger partial charge is 0.274 e. The second kappa shape index (κ2) is 33.3. The number of nitrogens with one attached hydrogen (secondary N) is 4. The number of pyridine rings is 2. The number of unbranched alkanes of at least 4 members (excludes halogenated alkanes) is 18. The van der Waals surface area contributed by atoms with Gasteiger partial charge in [0.1, 0.15) is 34.3 Å². The Labute approximate surface area is 474 Å². The molecule has 418 valence electrons. The molecule has 2 heterocycles. The van der Waals surface area contributed by atoms with E-state index in [1.165, 1.54) is 77.0 Å². The molecule has 12 heteroatoms. The van der Waals surface area contributed by atoms with E-state index in [1.54, 1.807) is 72.8 Å². The molecular weight excluding hydrogens is 997 g/mol. The van der Waals surface area contributed by atoms with E-state index in [9.17, 15) is 19.2 Å². The van der Waals surface area contributed by atoms with Gasteiger partial charge in [-0.05, 0) is 109 Å². The summed E-state index contributed by atoms with van der Waals surface area (Å²) in [4.78, 5) is 66.1. The number of ether oxygens (including phenoxy) is 2. The molecule has 0 atom stereocenters. The van der Waals surface area contributed by atoms with Crippen LogP contribution in [0.4, 0.5) is 22.7 Å². The van der Waals surface area contributed by atoms with Crippen LogP contribution >= 0.6 is 0 Å². The molecule has 0 spiro atoms. The first-order chi connectivity index (χ1) is 39.3. The zero-order valence-corrected chi connectivity index (χ0v) is 46.9. The molecule has 4 N–H and O–H groups in total. The Hall–Kier alpha value is -8.12. The predicted octanol–water partition coefficient (Wildman–Crippen LogP) is 17.4. The monoisotopic (exact) mass is 1080 g/mol. The summed E-state index contributed by atoms with van der Waals surface area (Å²) in [7, 11) is 0. The van der Waals surface area contributed by atoms with Crippen LogP contribution in [0.3, 0.4) is 0 Å². The van der Waals surface area contributed by atoms with Gasteiger partial charge in [0.15, 0.2) is 0 Å².